The van der Waals surface area contributed by atoms with E-state index in [9.17, 15) is 9.18 Å². The molecule has 1 aliphatic heterocycles. The third-order valence-electron chi connectivity index (χ3n) is 4.65. The summed E-state index contributed by atoms with van der Waals surface area (Å²) < 4.78 is 14.2. The van der Waals surface area contributed by atoms with Crippen LogP contribution in [0.15, 0.2) is 18.3 Å². The van der Waals surface area contributed by atoms with Crippen LogP contribution in [0.5, 0.6) is 0 Å². The van der Waals surface area contributed by atoms with Gasteiger partial charge in [0.15, 0.2) is 5.82 Å². The van der Waals surface area contributed by atoms with Crippen molar-refractivity contribution < 1.29 is 14.3 Å². The summed E-state index contributed by atoms with van der Waals surface area (Å²) in [5.41, 5.74) is 1.12. The van der Waals surface area contributed by atoms with Gasteiger partial charge in [-0.2, -0.15) is 10.1 Å². The second-order valence-electron chi connectivity index (χ2n) is 6.66. The number of likely N-dealkylation sites (tertiary alicyclic amines) is 1. The second kappa shape index (κ2) is 6.77. The molecular formula is C16H20FN7O2. The van der Waals surface area contributed by atoms with Crippen LogP contribution in [0.3, 0.4) is 0 Å². The number of aromatic amines is 1. The molecule has 1 saturated heterocycles. The van der Waals surface area contributed by atoms with Crippen LogP contribution in [-0.2, 0) is 0 Å². The minimum Gasteiger partial charge on any atom is -0.465 e. The lowest BCUT2D eigenvalue weighted by Gasteiger charge is -2.33. The number of halogens is 1. The van der Waals surface area contributed by atoms with E-state index in [0.717, 1.165) is 10.6 Å². The van der Waals surface area contributed by atoms with Crippen LogP contribution in [0.2, 0.25) is 0 Å². The Morgan fingerprint density at radius 2 is 2.19 bits per heavy atom. The Bertz CT molecular complexity index is 794. The number of anilines is 3. The fourth-order valence-corrected chi connectivity index (χ4v) is 3.04. The number of amides is 1. The normalized spacial score (nSPS) is 22.9. The molecule has 9 nitrogen and oxygen atoms in total. The van der Waals surface area contributed by atoms with Crippen LogP contribution < -0.4 is 10.6 Å². The number of carboxylic acid groups (broad SMARTS) is 1. The standard InChI is InChI=1S/C16H20FN7O2/c17-10-8-24(16(25)26)6-4-11(10)19-15-18-5-3-13(21-15)20-14-7-12(22-23-14)9-1-2-9/h3,5,7,9-11H,1-2,4,6,8H2,(H,25,26)(H3,18,19,20,21,22,23)/t10-,11+/m0/s1. The Morgan fingerprint density at radius 1 is 1.35 bits per heavy atom. The minimum absolute atomic E-state index is 0.151. The van der Waals surface area contributed by atoms with Gasteiger partial charge in [0.05, 0.1) is 12.6 Å². The van der Waals surface area contributed by atoms with Gasteiger partial charge >= 0.3 is 6.09 Å². The fraction of sp³-hybridized carbons (Fsp3) is 0.500. The highest BCUT2D eigenvalue weighted by molar-refractivity contribution is 5.65. The number of hydrogen-bond acceptors (Lipinski definition) is 6. The van der Waals surface area contributed by atoms with Gasteiger partial charge in [-0.3, -0.25) is 5.10 Å². The first-order valence-corrected chi connectivity index (χ1v) is 8.62. The maximum Gasteiger partial charge on any atom is 0.407 e. The number of piperidine rings is 1. The highest BCUT2D eigenvalue weighted by Gasteiger charge is 2.32. The predicted octanol–water partition coefficient (Wildman–Crippen LogP) is 2.32. The summed E-state index contributed by atoms with van der Waals surface area (Å²) in [6.07, 6.45) is 1.90. The number of rotatable bonds is 5. The van der Waals surface area contributed by atoms with Crippen LogP contribution in [0, 0.1) is 0 Å². The molecule has 2 atom stereocenters. The molecule has 2 aliphatic rings. The summed E-state index contributed by atoms with van der Waals surface area (Å²) in [6.45, 7) is 0.130. The number of alkyl halides is 1. The molecule has 0 bridgehead atoms. The van der Waals surface area contributed by atoms with Crippen LogP contribution >= 0.6 is 0 Å². The van der Waals surface area contributed by atoms with E-state index in [4.69, 9.17) is 5.11 Å². The van der Waals surface area contributed by atoms with Crippen molar-refractivity contribution in [3.05, 3.63) is 24.0 Å². The van der Waals surface area contributed by atoms with Crippen molar-refractivity contribution in [2.75, 3.05) is 23.7 Å². The zero-order valence-corrected chi connectivity index (χ0v) is 14.0. The lowest BCUT2D eigenvalue weighted by molar-refractivity contribution is 0.101. The van der Waals surface area contributed by atoms with Crippen molar-refractivity contribution >= 4 is 23.7 Å². The number of hydrogen-bond donors (Lipinski definition) is 4. The second-order valence-corrected chi connectivity index (χ2v) is 6.66. The molecule has 2 aromatic heterocycles. The van der Waals surface area contributed by atoms with Gasteiger partial charge in [-0.25, -0.2) is 14.2 Å². The Kier molecular flexibility index (Phi) is 4.31. The molecule has 3 heterocycles. The number of nitrogens with zero attached hydrogens (tertiary/aromatic N) is 4. The van der Waals surface area contributed by atoms with Crippen LogP contribution in [0.4, 0.5) is 26.8 Å². The summed E-state index contributed by atoms with van der Waals surface area (Å²) in [4.78, 5) is 20.5. The SMILES string of the molecule is O=C(O)N1CC[C@@H](Nc2nccc(Nc3cc(C4CC4)[nH]n3)n2)[C@@H](F)C1. The third kappa shape index (κ3) is 3.68. The van der Waals surface area contributed by atoms with Gasteiger partial charge in [-0.05, 0) is 25.3 Å². The number of H-pyrrole nitrogens is 1. The molecule has 2 aromatic rings. The van der Waals surface area contributed by atoms with E-state index < -0.39 is 18.3 Å². The molecule has 0 radical (unpaired) electrons. The molecular weight excluding hydrogens is 341 g/mol. The van der Waals surface area contributed by atoms with E-state index in [1.54, 1.807) is 12.3 Å². The average Bonchev–Trinajstić information content (AvgIpc) is 3.37. The van der Waals surface area contributed by atoms with Crippen LogP contribution in [-0.4, -0.2) is 61.6 Å². The van der Waals surface area contributed by atoms with E-state index in [2.05, 4.69) is 30.8 Å². The molecule has 1 aliphatic carbocycles. The molecule has 138 valence electrons. The highest BCUT2D eigenvalue weighted by atomic mass is 19.1. The van der Waals surface area contributed by atoms with Crippen LogP contribution in [0.1, 0.15) is 30.9 Å². The molecule has 0 spiro atoms. The Balaban J connectivity index is 1.38. The van der Waals surface area contributed by atoms with Gasteiger partial charge in [0.25, 0.3) is 0 Å². The molecule has 2 fully saturated rings. The Hall–Kier alpha value is -2.91. The first kappa shape index (κ1) is 16.6. The van der Waals surface area contributed by atoms with Crippen molar-refractivity contribution in [1.29, 1.82) is 0 Å². The summed E-state index contributed by atoms with van der Waals surface area (Å²) in [7, 11) is 0. The molecule has 1 saturated carbocycles. The quantitative estimate of drug-likeness (QED) is 0.645. The minimum atomic E-state index is -1.31. The maximum atomic E-state index is 14.2. The van der Waals surface area contributed by atoms with Crippen molar-refractivity contribution in [1.82, 2.24) is 25.1 Å². The molecule has 10 heteroatoms. The Labute approximate surface area is 149 Å². The van der Waals surface area contributed by atoms with Gasteiger partial charge in [-0.15, -0.1) is 0 Å². The summed E-state index contributed by atoms with van der Waals surface area (Å²) in [5, 5.41) is 22.2. The van der Waals surface area contributed by atoms with Crippen molar-refractivity contribution in [2.45, 2.75) is 37.4 Å². The summed E-state index contributed by atoms with van der Waals surface area (Å²) in [6, 6.07) is 3.15. The molecule has 26 heavy (non-hydrogen) atoms. The summed E-state index contributed by atoms with van der Waals surface area (Å²) >= 11 is 0. The van der Waals surface area contributed by atoms with Gasteiger partial charge in [0.2, 0.25) is 5.95 Å². The van der Waals surface area contributed by atoms with Gasteiger partial charge in [-0.1, -0.05) is 0 Å². The highest BCUT2D eigenvalue weighted by Crippen LogP contribution is 2.39. The number of aromatic nitrogens is 4. The molecule has 1 amide bonds. The van der Waals surface area contributed by atoms with E-state index in [-0.39, 0.29) is 13.1 Å². The maximum absolute atomic E-state index is 14.2. The number of nitrogens with one attached hydrogen (secondary N) is 3. The zero-order chi connectivity index (χ0) is 18.1. The molecule has 4 N–H and O–H groups in total. The van der Waals surface area contributed by atoms with Crippen LogP contribution in [0.25, 0.3) is 0 Å². The molecule has 0 unspecified atom stereocenters. The van der Waals surface area contributed by atoms with Crippen molar-refractivity contribution in [2.24, 2.45) is 0 Å². The zero-order valence-electron chi connectivity index (χ0n) is 14.0. The fourth-order valence-electron chi connectivity index (χ4n) is 3.04. The van der Waals surface area contributed by atoms with Crippen molar-refractivity contribution in [3.8, 4) is 0 Å². The van der Waals surface area contributed by atoms with Gasteiger partial charge in [0, 0.05) is 30.4 Å². The van der Waals surface area contributed by atoms with E-state index in [0.29, 0.717) is 29.9 Å². The third-order valence-corrected chi connectivity index (χ3v) is 4.65. The van der Waals surface area contributed by atoms with Gasteiger partial charge in [0.1, 0.15) is 12.0 Å². The topological polar surface area (TPSA) is 119 Å². The van der Waals surface area contributed by atoms with E-state index in [1.165, 1.54) is 12.8 Å². The van der Waals surface area contributed by atoms with Gasteiger partial charge < -0.3 is 20.6 Å². The van der Waals surface area contributed by atoms with E-state index >= 15 is 0 Å². The first-order valence-electron chi connectivity index (χ1n) is 8.62. The molecule has 0 aromatic carbocycles. The van der Waals surface area contributed by atoms with Crippen molar-refractivity contribution in [3.63, 3.8) is 0 Å². The largest absolute Gasteiger partial charge is 0.465 e. The lowest BCUT2D eigenvalue weighted by atomic mass is 10.0. The van der Waals surface area contributed by atoms with E-state index in [1.807, 2.05) is 6.07 Å². The lowest BCUT2D eigenvalue weighted by Crippen LogP contribution is -2.49. The Morgan fingerprint density at radius 3 is 2.92 bits per heavy atom. The molecule has 4 rings (SSSR count). The average molecular weight is 361 g/mol. The first-order chi connectivity index (χ1) is 12.6. The number of carbonyl (C=O) groups is 1. The summed E-state index contributed by atoms with van der Waals surface area (Å²) in [5.74, 6) is 2.10. The smallest absolute Gasteiger partial charge is 0.407 e. The predicted molar refractivity (Wildman–Crippen MR) is 92.4 cm³/mol. The monoisotopic (exact) mass is 361 g/mol.